The lowest BCUT2D eigenvalue weighted by Crippen LogP contribution is -2.27. The molecular weight excluding hydrogens is 399 g/mol. The maximum Gasteiger partial charge on any atom is 0.293 e. The van der Waals surface area contributed by atoms with Crippen LogP contribution in [0.5, 0.6) is 0 Å². The van der Waals surface area contributed by atoms with E-state index in [1.807, 2.05) is 0 Å². The van der Waals surface area contributed by atoms with Crippen LogP contribution in [0.1, 0.15) is 11.1 Å². The Hall–Kier alpha value is -2.35. The molecule has 26 heavy (non-hydrogen) atoms. The average molecular weight is 409 g/mol. The van der Waals surface area contributed by atoms with E-state index in [2.05, 4.69) is 0 Å². The molecule has 1 heterocycles. The number of benzene rings is 2. The second-order valence-electron chi connectivity index (χ2n) is 5.36. The van der Waals surface area contributed by atoms with Gasteiger partial charge in [0, 0.05) is 12.1 Å². The Morgan fingerprint density at radius 1 is 1.08 bits per heavy atom. The number of nitrogens with zero attached hydrogens (tertiary/aromatic N) is 2. The average Bonchev–Trinajstić information content (AvgIpc) is 2.86. The number of nitro benzene ring substituents is 1. The van der Waals surface area contributed by atoms with Gasteiger partial charge in [0.1, 0.15) is 0 Å². The standard InChI is InChI=1S/C17H10Cl2N2O4S/c18-13-6-3-11(7-14(13)19)8-15-16(22)20(17(23)26-15)9-10-1-4-12(5-2-10)21(24)25/h1-8H,9H2. The molecular formula is C17H10Cl2N2O4S. The van der Waals surface area contributed by atoms with Crippen LogP contribution in [-0.2, 0) is 11.3 Å². The van der Waals surface area contributed by atoms with Crippen molar-refractivity contribution >= 4 is 57.9 Å². The molecule has 9 heteroatoms. The van der Waals surface area contributed by atoms with Gasteiger partial charge in [0.2, 0.25) is 0 Å². The van der Waals surface area contributed by atoms with Gasteiger partial charge in [0.25, 0.3) is 16.8 Å². The van der Waals surface area contributed by atoms with E-state index >= 15 is 0 Å². The predicted molar refractivity (Wildman–Crippen MR) is 101 cm³/mol. The first kappa shape index (κ1) is 18.4. The zero-order valence-electron chi connectivity index (χ0n) is 13.0. The molecule has 0 N–H and O–H groups in total. The van der Waals surface area contributed by atoms with Crippen LogP contribution in [0.4, 0.5) is 10.5 Å². The summed E-state index contributed by atoms with van der Waals surface area (Å²) in [5, 5.41) is 11.0. The summed E-state index contributed by atoms with van der Waals surface area (Å²) in [5.74, 6) is -0.426. The number of imide groups is 1. The minimum Gasteiger partial charge on any atom is -0.268 e. The third kappa shape index (κ3) is 3.90. The molecule has 3 rings (SSSR count). The highest BCUT2D eigenvalue weighted by Crippen LogP contribution is 2.34. The molecule has 1 aliphatic rings. The van der Waals surface area contributed by atoms with Crippen molar-refractivity contribution < 1.29 is 14.5 Å². The summed E-state index contributed by atoms with van der Waals surface area (Å²) >= 11 is 12.6. The van der Waals surface area contributed by atoms with Gasteiger partial charge < -0.3 is 0 Å². The largest absolute Gasteiger partial charge is 0.293 e. The van der Waals surface area contributed by atoms with E-state index < -0.39 is 16.1 Å². The topological polar surface area (TPSA) is 80.5 Å². The molecule has 0 aliphatic carbocycles. The summed E-state index contributed by atoms with van der Waals surface area (Å²) in [4.78, 5) is 36.2. The van der Waals surface area contributed by atoms with Crippen molar-refractivity contribution in [3.8, 4) is 0 Å². The van der Waals surface area contributed by atoms with Crippen molar-refractivity contribution in [2.45, 2.75) is 6.54 Å². The van der Waals surface area contributed by atoms with Gasteiger partial charge in [0.05, 0.1) is 26.4 Å². The summed E-state index contributed by atoms with van der Waals surface area (Å²) in [6.07, 6.45) is 1.57. The molecule has 132 valence electrons. The number of nitro groups is 1. The van der Waals surface area contributed by atoms with Crippen molar-refractivity contribution in [2.75, 3.05) is 0 Å². The highest BCUT2D eigenvalue weighted by molar-refractivity contribution is 8.18. The zero-order chi connectivity index (χ0) is 18.8. The highest BCUT2D eigenvalue weighted by atomic mass is 35.5. The SMILES string of the molecule is O=C1SC(=Cc2ccc(Cl)c(Cl)c2)C(=O)N1Cc1ccc([N+](=O)[O-])cc1. The van der Waals surface area contributed by atoms with Crippen molar-refractivity contribution in [1.82, 2.24) is 4.90 Å². The molecule has 0 spiro atoms. The van der Waals surface area contributed by atoms with E-state index in [4.69, 9.17) is 23.2 Å². The lowest BCUT2D eigenvalue weighted by molar-refractivity contribution is -0.384. The predicted octanol–water partition coefficient (Wildman–Crippen LogP) is 5.14. The van der Waals surface area contributed by atoms with Crippen molar-refractivity contribution in [1.29, 1.82) is 0 Å². The van der Waals surface area contributed by atoms with E-state index in [-0.39, 0.29) is 17.1 Å². The molecule has 0 unspecified atom stereocenters. The number of non-ortho nitro benzene ring substituents is 1. The quantitative estimate of drug-likeness (QED) is 0.397. The van der Waals surface area contributed by atoms with Gasteiger partial charge in [-0.05, 0) is 41.1 Å². The molecule has 0 atom stereocenters. The third-order valence-corrected chi connectivity index (χ3v) is 5.25. The molecule has 2 aromatic carbocycles. The van der Waals surface area contributed by atoms with Gasteiger partial charge in [-0.15, -0.1) is 0 Å². The number of hydrogen-bond acceptors (Lipinski definition) is 5. The molecule has 1 fully saturated rings. The van der Waals surface area contributed by atoms with Gasteiger partial charge in [-0.3, -0.25) is 24.6 Å². The molecule has 1 saturated heterocycles. The van der Waals surface area contributed by atoms with Gasteiger partial charge in [-0.2, -0.15) is 0 Å². The second-order valence-corrected chi connectivity index (χ2v) is 7.17. The van der Waals surface area contributed by atoms with Crippen LogP contribution in [0.3, 0.4) is 0 Å². The number of carbonyl (C=O) groups excluding carboxylic acids is 2. The van der Waals surface area contributed by atoms with Crippen LogP contribution in [0, 0.1) is 10.1 Å². The first-order valence-corrected chi connectivity index (χ1v) is 8.86. The fraction of sp³-hybridized carbons (Fsp3) is 0.0588. The Morgan fingerprint density at radius 3 is 2.38 bits per heavy atom. The normalized spacial score (nSPS) is 15.8. The van der Waals surface area contributed by atoms with Gasteiger partial charge in [-0.1, -0.05) is 41.4 Å². The third-order valence-electron chi connectivity index (χ3n) is 3.60. The number of halogens is 2. The first-order valence-electron chi connectivity index (χ1n) is 7.29. The van der Waals surface area contributed by atoms with Gasteiger partial charge in [0.15, 0.2) is 0 Å². The van der Waals surface area contributed by atoms with E-state index in [1.54, 1.807) is 24.3 Å². The molecule has 2 amide bonds. The van der Waals surface area contributed by atoms with Crippen molar-refractivity contribution in [3.63, 3.8) is 0 Å². The summed E-state index contributed by atoms with van der Waals surface area (Å²) in [6, 6.07) is 10.6. The monoisotopic (exact) mass is 408 g/mol. The van der Waals surface area contributed by atoms with E-state index in [1.165, 1.54) is 24.3 Å². The van der Waals surface area contributed by atoms with Gasteiger partial charge in [-0.25, -0.2) is 0 Å². The zero-order valence-corrected chi connectivity index (χ0v) is 15.3. The summed E-state index contributed by atoms with van der Waals surface area (Å²) in [6.45, 7) is 0.0430. The second kappa shape index (κ2) is 7.49. The number of thioether (sulfide) groups is 1. The summed E-state index contributed by atoms with van der Waals surface area (Å²) in [5.41, 5.74) is 1.22. The Labute approximate surface area is 162 Å². The smallest absolute Gasteiger partial charge is 0.268 e. The van der Waals surface area contributed by atoms with Crippen molar-refractivity contribution in [2.24, 2.45) is 0 Å². The van der Waals surface area contributed by atoms with Crippen molar-refractivity contribution in [3.05, 3.63) is 78.7 Å². The molecule has 1 aliphatic heterocycles. The summed E-state index contributed by atoms with van der Waals surface area (Å²) in [7, 11) is 0. The van der Waals surface area contributed by atoms with Crippen LogP contribution in [0.2, 0.25) is 10.0 Å². The highest BCUT2D eigenvalue weighted by Gasteiger charge is 2.35. The minimum absolute atomic E-state index is 0.0430. The molecule has 0 saturated carbocycles. The van der Waals surface area contributed by atoms with Crippen LogP contribution >= 0.6 is 35.0 Å². The molecule has 0 aromatic heterocycles. The maximum atomic E-state index is 12.5. The molecule has 2 aromatic rings. The first-order chi connectivity index (χ1) is 12.3. The lowest BCUT2D eigenvalue weighted by Gasteiger charge is -2.12. The Kier molecular flexibility index (Phi) is 5.31. The fourth-order valence-electron chi connectivity index (χ4n) is 2.30. The fourth-order valence-corrected chi connectivity index (χ4v) is 3.44. The molecule has 0 radical (unpaired) electrons. The van der Waals surface area contributed by atoms with E-state index in [0.29, 0.717) is 21.2 Å². The van der Waals surface area contributed by atoms with E-state index in [0.717, 1.165) is 16.7 Å². The number of amides is 2. The lowest BCUT2D eigenvalue weighted by atomic mass is 10.2. The number of hydrogen-bond donors (Lipinski definition) is 0. The molecule has 6 nitrogen and oxygen atoms in total. The Morgan fingerprint density at radius 2 is 1.77 bits per heavy atom. The minimum atomic E-state index is -0.510. The number of rotatable bonds is 4. The summed E-state index contributed by atoms with van der Waals surface area (Å²) < 4.78 is 0. The Balaban J connectivity index is 1.79. The Bertz CT molecular complexity index is 944. The maximum absolute atomic E-state index is 12.5. The van der Waals surface area contributed by atoms with Gasteiger partial charge >= 0.3 is 0 Å². The van der Waals surface area contributed by atoms with Crippen LogP contribution in [0.15, 0.2) is 47.4 Å². The molecule has 0 bridgehead atoms. The van der Waals surface area contributed by atoms with Crippen LogP contribution in [-0.4, -0.2) is 21.0 Å². The number of carbonyl (C=O) groups is 2. The van der Waals surface area contributed by atoms with E-state index in [9.17, 15) is 19.7 Å². The van der Waals surface area contributed by atoms with Crippen LogP contribution < -0.4 is 0 Å². The van der Waals surface area contributed by atoms with Crippen LogP contribution in [0.25, 0.3) is 6.08 Å².